The van der Waals surface area contributed by atoms with Crippen LogP contribution in [0, 0.1) is 5.82 Å². The van der Waals surface area contributed by atoms with E-state index in [1.165, 1.54) is 6.07 Å². The molecule has 1 heterocycles. The number of halogens is 4. The van der Waals surface area contributed by atoms with Gasteiger partial charge in [0.05, 0.1) is 15.0 Å². The lowest BCUT2D eigenvalue weighted by molar-refractivity contribution is 0.623. The number of rotatable bonds is 1. The van der Waals surface area contributed by atoms with E-state index in [0.717, 1.165) is 5.56 Å². The van der Waals surface area contributed by atoms with Crippen LogP contribution in [-0.4, -0.2) is 4.98 Å². The van der Waals surface area contributed by atoms with Crippen LogP contribution < -0.4 is 0 Å². The predicted octanol–water partition coefficient (Wildman–Crippen LogP) is 6.11. The van der Waals surface area contributed by atoms with Crippen molar-refractivity contribution in [1.82, 2.24) is 4.98 Å². The Morgan fingerprint density at radius 3 is 2.45 bits per heavy atom. The molecule has 1 aromatic heterocycles. The van der Waals surface area contributed by atoms with Gasteiger partial charge in [-0.05, 0) is 27.6 Å². The fourth-order valence-electron chi connectivity index (χ4n) is 2.04. The molecule has 3 aromatic rings. The number of fused-ring (bicyclic) bond motifs is 1. The normalized spacial score (nSPS) is 11.0. The lowest BCUT2D eigenvalue weighted by Crippen LogP contribution is -1.90. The molecule has 1 nitrogen and oxygen atoms in total. The van der Waals surface area contributed by atoms with Gasteiger partial charge in [-0.15, -0.1) is 0 Å². The van der Waals surface area contributed by atoms with E-state index in [1.54, 1.807) is 6.07 Å². The van der Waals surface area contributed by atoms with E-state index in [2.05, 4.69) is 20.9 Å². The summed E-state index contributed by atoms with van der Waals surface area (Å²) in [6.45, 7) is 0. The third-order valence-corrected chi connectivity index (χ3v) is 4.26. The molecule has 0 amide bonds. The van der Waals surface area contributed by atoms with Gasteiger partial charge in [0.15, 0.2) is 0 Å². The molecule has 0 fully saturated rings. The van der Waals surface area contributed by atoms with Crippen LogP contribution in [0.4, 0.5) is 4.39 Å². The molecule has 0 unspecified atom stereocenters. The Morgan fingerprint density at radius 2 is 1.75 bits per heavy atom. The molecule has 0 bridgehead atoms. The van der Waals surface area contributed by atoms with E-state index in [1.807, 2.05) is 30.3 Å². The molecule has 0 saturated carbocycles. The molecule has 3 rings (SSSR count). The van der Waals surface area contributed by atoms with E-state index >= 15 is 0 Å². The zero-order valence-electron chi connectivity index (χ0n) is 10.0. The smallest absolute Gasteiger partial charge is 0.139 e. The third-order valence-electron chi connectivity index (χ3n) is 2.98. The fraction of sp³-hybridized carbons (Fsp3) is 0. The SMILES string of the molecule is Fc1cc2nc(Cl)c(-c3ccccc3)c(Cl)c2cc1Br. The van der Waals surface area contributed by atoms with Crippen LogP contribution in [0.25, 0.3) is 22.0 Å². The van der Waals surface area contributed by atoms with Crippen LogP contribution in [0.2, 0.25) is 10.2 Å². The highest BCUT2D eigenvalue weighted by Crippen LogP contribution is 2.39. The van der Waals surface area contributed by atoms with Gasteiger partial charge in [0.25, 0.3) is 0 Å². The molecule has 0 saturated heterocycles. The van der Waals surface area contributed by atoms with Gasteiger partial charge in [-0.2, -0.15) is 0 Å². The van der Waals surface area contributed by atoms with E-state index in [0.29, 0.717) is 26.0 Å². The topological polar surface area (TPSA) is 12.9 Å². The Morgan fingerprint density at radius 1 is 1.05 bits per heavy atom. The summed E-state index contributed by atoms with van der Waals surface area (Å²) in [4.78, 5) is 4.23. The van der Waals surface area contributed by atoms with Crippen LogP contribution in [-0.2, 0) is 0 Å². The molecule has 5 heteroatoms. The minimum Gasteiger partial charge on any atom is -0.235 e. The van der Waals surface area contributed by atoms with E-state index < -0.39 is 5.82 Å². The first-order chi connectivity index (χ1) is 9.58. The number of aromatic nitrogens is 1. The number of hydrogen-bond donors (Lipinski definition) is 0. The molecule has 20 heavy (non-hydrogen) atoms. The number of pyridine rings is 1. The first-order valence-electron chi connectivity index (χ1n) is 5.77. The maximum atomic E-state index is 13.6. The van der Waals surface area contributed by atoms with Crippen molar-refractivity contribution in [2.24, 2.45) is 0 Å². The average molecular weight is 371 g/mol. The zero-order valence-corrected chi connectivity index (χ0v) is 13.1. The zero-order chi connectivity index (χ0) is 14.3. The van der Waals surface area contributed by atoms with Crippen molar-refractivity contribution in [3.05, 3.63) is 62.9 Å². The van der Waals surface area contributed by atoms with Gasteiger partial charge in [0.2, 0.25) is 0 Å². The van der Waals surface area contributed by atoms with Crippen molar-refractivity contribution in [3.8, 4) is 11.1 Å². The van der Waals surface area contributed by atoms with Gasteiger partial charge in [0.1, 0.15) is 11.0 Å². The highest BCUT2D eigenvalue weighted by Gasteiger charge is 2.15. The fourth-order valence-corrected chi connectivity index (χ4v) is 3.08. The van der Waals surface area contributed by atoms with Crippen LogP contribution in [0.5, 0.6) is 0 Å². The number of nitrogens with zero attached hydrogens (tertiary/aromatic N) is 1. The van der Waals surface area contributed by atoms with Crippen molar-refractivity contribution < 1.29 is 4.39 Å². The van der Waals surface area contributed by atoms with Gasteiger partial charge in [-0.25, -0.2) is 9.37 Å². The quantitative estimate of drug-likeness (QED) is 0.471. The van der Waals surface area contributed by atoms with Crippen LogP contribution in [0.3, 0.4) is 0 Å². The van der Waals surface area contributed by atoms with Crippen molar-refractivity contribution in [2.45, 2.75) is 0 Å². The maximum Gasteiger partial charge on any atom is 0.139 e. The van der Waals surface area contributed by atoms with Crippen molar-refractivity contribution in [1.29, 1.82) is 0 Å². The highest BCUT2D eigenvalue weighted by atomic mass is 79.9. The Hall–Kier alpha value is -1.16. The van der Waals surface area contributed by atoms with Gasteiger partial charge in [-0.1, -0.05) is 53.5 Å². The second kappa shape index (κ2) is 5.32. The van der Waals surface area contributed by atoms with Crippen LogP contribution >= 0.6 is 39.1 Å². The van der Waals surface area contributed by atoms with Gasteiger partial charge < -0.3 is 0 Å². The molecule has 0 radical (unpaired) electrons. The molecule has 0 atom stereocenters. The van der Waals surface area contributed by atoms with E-state index in [-0.39, 0.29) is 5.15 Å². The summed E-state index contributed by atoms with van der Waals surface area (Å²) in [7, 11) is 0. The second-order valence-electron chi connectivity index (χ2n) is 4.24. The largest absolute Gasteiger partial charge is 0.235 e. The summed E-state index contributed by atoms with van der Waals surface area (Å²) in [6, 6.07) is 12.4. The molecule has 0 aliphatic rings. The Kier molecular flexibility index (Phi) is 3.67. The molecule has 2 aromatic carbocycles. The minimum absolute atomic E-state index is 0.260. The first-order valence-corrected chi connectivity index (χ1v) is 7.32. The van der Waals surface area contributed by atoms with Crippen LogP contribution in [0.15, 0.2) is 46.9 Å². The van der Waals surface area contributed by atoms with E-state index in [4.69, 9.17) is 23.2 Å². The van der Waals surface area contributed by atoms with Crippen molar-refractivity contribution in [3.63, 3.8) is 0 Å². The van der Waals surface area contributed by atoms with Gasteiger partial charge in [-0.3, -0.25) is 0 Å². The van der Waals surface area contributed by atoms with E-state index in [9.17, 15) is 4.39 Å². The Bertz CT molecular complexity index is 806. The third kappa shape index (κ3) is 2.30. The molecule has 0 aliphatic carbocycles. The second-order valence-corrected chi connectivity index (χ2v) is 5.83. The van der Waals surface area contributed by atoms with Crippen LogP contribution in [0.1, 0.15) is 0 Å². The number of benzene rings is 2. The summed E-state index contributed by atoms with van der Waals surface area (Å²) in [5.41, 5.74) is 1.96. The lowest BCUT2D eigenvalue weighted by atomic mass is 10.1. The lowest BCUT2D eigenvalue weighted by Gasteiger charge is -2.10. The monoisotopic (exact) mass is 369 g/mol. The minimum atomic E-state index is -0.399. The molecule has 0 aliphatic heterocycles. The summed E-state index contributed by atoms with van der Waals surface area (Å²) in [5.74, 6) is -0.399. The van der Waals surface area contributed by atoms with Crippen molar-refractivity contribution in [2.75, 3.05) is 0 Å². The molecular formula is C15H7BrCl2FN. The predicted molar refractivity (Wildman–Crippen MR) is 84.9 cm³/mol. The standard InChI is InChI=1S/C15H7BrCl2FN/c16-10-6-9-12(7-11(10)19)20-15(18)13(14(9)17)8-4-2-1-3-5-8/h1-7H. The molecule has 100 valence electrons. The molecule has 0 spiro atoms. The van der Waals surface area contributed by atoms with Crippen molar-refractivity contribution >= 4 is 50.0 Å². The molecule has 0 N–H and O–H groups in total. The summed E-state index contributed by atoms with van der Waals surface area (Å²) in [5, 5.41) is 1.38. The molecular weight excluding hydrogens is 364 g/mol. The van der Waals surface area contributed by atoms with Gasteiger partial charge >= 0.3 is 0 Å². The summed E-state index contributed by atoms with van der Waals surface area (Å²) >= 11 is 15.8. The average Bonchev–Trinajstić information content (AvgIpc) is 2.43. The summed E-state index contributed by atoms with van der Waals surface area (Å²) in [6.07, 6.45) is 0. The highest BCUT2D eigenvalue weighted by molar-refractivity contribution is 9.10. The number of hydrogen-bond acceptors (Lipinski definition) is 1. The maximum absolute atomic E-state index is 13.6. The summed E-state index contributed by atoms with van der Waals surface area (Å²) < 4.78 is 13.9. The first kappa shape index (κ1) is 13.8. The van der Waals surface area contributed by atoms with Gasteiger partial charge in [0, 0.05) is 17.0 Å². The Labute approximate surface area is 133 Å². The Balaban J connectivity index is 2.37.